The molecule has 0 amide bonds. The summed E-state index contributed by atoms with van der Waals surface area (Å²) >= 11 is 0. The molecule has 2 aromatic carbocycles. The van der Waals surface area contributed by atoms with Crippen molar-refractivity contribution in [1.29, 1.82) is 0 Å². The molecule has 1 nitrogen and oxygen atoms in total. The smallest absolute Gasteiger partial charge is 0.493 e. The molecule has 0 saturated heterocycles. The van der Waals surface area contributed by atoms with Crippen LogP contribution in [0.4, 0.5) is 12.9 Å². The summed E-state index contributed by atoms with van der Waals surface area (Å²) in [4.78, 5) is 0. The molecule has 0 N–H and O–H groups in total. The van der Waals surface area contributed by atoms with E-state index in [9.17, 15) is 12.9 Å². The summed E-state index contributed by atoms with van der Waals surface area (Å²) in [5, 5.41) is 0. The second-order valence-electron chi connectivity index (χ2n) is 4.24. The Morgan fingerprint density at radius 1 is 0.905 bits per heavy atom. The summed E-state index contributed by atoms with van der Waals surface area (Å²) in [6.45, 7) is -4.96. The van der Waals surface area contributed by atoms with E-state index in [0.717, 1.165) is 11.6 Å². The summed E-state index contributed by atoms with van der Waals surface area (Å²) < 4.78 is 43.6. The van der Waals surface area contributed by atoms with E-state index in [1.807, 2.05) is 30.3 Å². The van der Waals surface area contributed by atoms with Crippen LogP contribution in [0.25, 0.3) is 6.08 Å². The van der Waals surface area contributed by atoms with Gasteiger partial charge in [-0.15, -0.1) is 0 Å². The third-order valence-corrected chi connectivity index (χ3v) is 2.72. The van der Waals surface area contributed by atoms with Crippen molar-refractivity contribution in [2.24, 2.45) is 0 Å². The Balaban J connectivity index is 0.00000220. The number of hydrogen-bond acceptors (Lipinski definition) is 1. The minimum Gasteiger partial charge on any atom is -0.493 e. The largest absolute Gasteiger partial charge is 1.00 e. The van der Waals surface area contributed by atoms with Crippen molar-refractivity contribution in [3.05, 3.63) is 66.2 Å². The van der Waals surface area contributed by atoms with Crippen LogP contribution in [0.2, 0.25) is 0 Å². The molecule has 0 aliphatic carbocycles. The number of para-hydroxylation sites is 1. The van der Waals surface area contributed by atoms with Crippen LogP contribution in [0.15, 0.2) is 60.7 Å². The molecule has 0 aliphatic rings. The van der Waals surface area contributed by atoms with Crippen LogP contribution in [-0.2, 0) is 0 Å². The van der Waals surface area contributed by atoms with Gasteiger partial charge in [-0.1, -0.05) is 60.1 Å². The first kappa shape index (κ1) is 18.5. The van der Waals surface area contributed by atoms with Gasteiger partial charge in [-0.05, 0) is 17.7 Å². The third-order valence-electron chi connectivity index (χ3n) is 2.72. The van der Waals surface area contributed by atoms with Gasteiger partial charge in [0.1, 0.15) is 6.61 Å². The Kier molecular flexibility index (Phi) is 7.76. The van der Waals surface area contributed by atoms with Crippen LogP contribution in [0, 0.1) is 0 Å². The summed E-state index contributed by atoms with van der Waals surface area (Å²) in [5.41, 5.74) is 0.282. The Hall–Kier alpha value is -0.529. The molecule has 0 fully saturated rings. The average molecular weight is 316 g/mol. The van der Waals surface area contributed by atoms with Gasteiger partial charge in [-0.3, -0.25) is 0 Å². The average Bonchev–Trinajstić information content (AvgIpc) is 2.44. The Morgan fingerprint density at radius 2 is 1.52 bits per heavy atom. The molecule has 0 heterocycles. The quantitative estimate of drug-likeness (QED) is 0.743. The molecule has 0 atom stereocenters. The van der Waals surface area contributed by atoms with E-state index < -0.39 is 12.4 Å². The number of halogens is 3. The standard InChI is InChI=1S/C15H13BF3O.K/c17-16(18,19)14-10-4-5-11-15(14)20-12-6-9-13-7-2-1-3-8-13;/h1-11H,12H2;/q-1;+1. The van der Waals surface area contributed by atoms with Crippen molar-refractivity contribution in [2.45, 2.75) is 0 Å². The van der Waals surface area contributed by atoms with Crippen LogP contribution in [-0.4, -0.2) is 13.6 Å². The fraction of sp³-hybridized carbons (Fsp3) is 0.0667. The topological polar surface area (TPSA) is 9.23 Å². The molecule has 0 radical (unpaired) electrons. The second-order valence-corrected chi connectivity index (χ2v) is 4.24. The molecule has 0 aliphatic heterocycles. The van der Waals surface area contributed by atoms with E-state index >= 15 is 0 Å². The molecule has 2 aromatic rings. The van der Waals surface area contributed by atoms with Gasteiger partial charge in [0.25, 0.3) is 0 Å². The zero-order valence-corrected chi connectivity index (χ0v) is 14.8. The van der Waals surface area contributed by atoms with Crippen LogP contribution in [0.1, 0.15) is 5.56 Å². The van der Waals surface area contributed by atoms with E-state index in [4.69, 9.17) is 4.74 Å². The number of ether oxygens (including phenoxy) is 1. The van der Waals surface area contributed by atoms with Crippen molar-refractivity contribution in [2.75, 3.05) is 6.61 Å². The number of benzene rings is 2. The summed E-state index contributed by atoms with van der Waals surface area (Å²) in [6, 6.07) is 14.8. The van der Waals surface area contributed by atoms with E-state index in [2.05, 4.69) is 0 Å². The molecule has 0 aromatic heterocycles. The maximum atomic E-state index is 12.8. The molecule has 104 valence electrons. The molecule has 0 saturated carbocycles. The molecular weight excluding hydrogens is 303 g/mol. The van der Waals surface area contributed by atoms with Crippen LogP contribution in [0.5, 0.6) is 5.75 Å². The van der Waals surface area contributed by atoms with Crippen LogP contribution >= 0.6 is 0 Å². The van der Waals surface area contributed by atoms with Crippen LogP contribution < -0.4 is 61.6 Å². The fourth-order valence-corrected chi connectivity index (χ4v) is 1.77. The van der Waals surface area contributed by atoms with Crippen molar-refractivity contribution >= 4 is 18.5 Å². The van der Waals surface area contributed by atoms with E-state index in [0.29, 0.717) is 0 Å². The monoisotopic (exact) mass is 316 g/mol. The first-order chi connectivity index (χ1) is 9.57. The van der Waals surface area contributed by atoms with E-state index in [-0.39, 0.29) is 63.7 Å². The molecule has 0 spiro atoms. The Bertz CT molecular complexity index is 585. The molecule has 21 heavy (non-hydrogen) atoms. The predicted octanol–water partition coefficient (Wildman–Crippen LogP) is 0.837. The van der Waals surface area contributed by atoms with Crippen molar-refractivity contribution in [1.82, 2.24) is 0 Å². The van der Waals surface area contributed by atoms with Gasteiger partial charge >= 0.3 is 58.4 Å². The normalized spacial score (nSPS) is 11.2. The minimum absolute atomic E-state index is 0. The summed E-state index contributed by atoms with van der Waals surface area (Å²) in [7, 11) is 0. The molecule has 6 heteroatoms. The Morgan fingerprint density at radius 3 is 2.19 bits per heavy atom. The fourth-order valence-electron chi connectivity index (χ4n) is 1.77. The van der Waals surface area contributed by atoms with Gasteiger partial charge in [-0.25, -0.2) is 0 Å². The molecule has 2 rings (SSSR count). The maximum Gasteiger partial charge on any atom is 1.00 e. The SMILES string of the molecule is F[B-](F)(F)c1ccccc1OCC=Cc1ccccc1.[K+]. The van der Waals surface area contributed by atoms with Crippen molar-refractivity contribution < 1.29 is 69.1 Å². The maximum absolute atomic E-state index is 12.8. The van der Waals surface area contributed by atoms with Gasteiger partial charge in [0.05, 0.1) is 5.75 Å². The zero-order chi connectivity index (χ0) is 14.4. The third kappa shape index (κ3) is 6.00. The van der Waals surface area contributed by atoms with Crippen molar-refractivity contribution in [3.8, 4) is 5.75 Å². The predicted molar refractivity (Wildman–Crippen MR) is 76.1 cm³/mol. The molecule has 0 unspecified atom stereocenters. The summed E-state index contributed by atoms with van der Waals surface area (Å²) in [5.74, 6) is -0.127. The van der Waals surface area contributed by atoms with E-state index in [1.54, 1.807) is 12.2 Å². The Labute approximate surface area is 164 Å². The second kappa shape index (κ2) is 8.80. The van der Waals surface area contributed by atoms with Gasteiger partial charge < -0.3 is 17.7 Å². The van der Waals surface area contributed by atoms with Crippen LogP contribution in [0.3, 0.4) is 0 Å². The minimum atomic E-state index is -5.05. The van der Waals surface area contributed by atoms with Gasteiger partial charge in [0, 0.05) is 0 Å². The first-order valence-electron chi connectivity index (χ1n) is 6.20. The van der Waals surface area contributed by atoms with Gasteiger partial charge in [-0.2, -0.15) is 0 Å². The van der Waals surface area contributed by atoms with Gasteiger partial charge in [0.2, 0.25) is 0 Å². The number of hydrogen-bond donors (Lipinski definition) is 0. The zero-order valence-electron chi connectivity index (χ0n) is 11.7. The van der Waals surface area contributed by atoms with E-state index in [1.165, 1.54) is 18.2 Å². The summed E-state index contributed by atoms with van der Waals surface area (Å²) in [6.07, 6.45) is 3.50. The molecular formula is C15H13BF3KO. The van der Waals surface area contributed by atoms with Gasteiger partial charge in [0.15, 0.2) is 0 Å². The number of rotatable bonds is 5. The first-order valence-corrected chi connectivity index (χ1v) is 6.20. The molecule has 0 bridgehead atoms. The van der Waals surface area contributed by atoms with Crippen molar-refractivity contribution in [3.63, 3.8) is 0 Å².